The number of rotatable bonds is 3. The number of carbonyl (C=O) groups excluding carboxylic acids is 2. The summed E-state index contributed by atoms with van der Waals surface area (Å²) in [6.07, 6.45) is 0. The molecule has 3 N–H and O–H groups in total. The van der Waals surface area contributed by atoms with Crippen LogP contribution in [0.1, 0.15) is 17.3 Å². The Hall–Kier alpha value is -0.630. The monoisotopic (exact) mass is 396 g/mol. The van der Waals surface area contributed by atoms with Crippen molar-refractivity contribution in [3.05, 3.63) is 31.8 Å². The van der Waals surface area contributed by atoms with Gasteiger partial charge in [-0.2, -0.15) is 0 Å². The summed E-state index contributed by atoms with van der Waals surface area (Å²) in [5.41, 5.74) is 5.54. The van der Waals surface area contributed by atoms with Gasteiger partial charge in [0.15, 0.2) is 0 Å². The van der Waals surface area contributed by atoms with Gasteiger partial charge >= 0.3 is 0 Å². The van der Waals surface area contributed by atoms with Gasteiger partial charge in [-0.15, -0.1) is 0 Å². The molecule has 86 valence electrons. The molecule has 6 heteroatoms. The number of nitrogens with one attached hydrogen (secondary N) is 1. The van der Waals surface area contributed by atoms with Gasteiger partial charge in [-0.25, -0.2) is 0 Å². The third-order valence-electron chi connectivity index (χ3n) is 1.95. The number of primary amides is 1. The first-order valence-corrected chi connectivity index (χ1v) is 6.34. The Kier molecular flexibility index (Phi) is 4.72. The highest BCUT2D eigenvalue weighted by Gasteiger charge is 2.15. The summed E-state index contributed by atoms with van der Waals surface area (Å²) in [5, 5.41) is 2.51. The SMILES string of the molecule is C[C@H](NC(=O)c1ccc(I)cc1Br)C(N)=O. The van der Waals surface area contributed by atoms with E-state index in [1.54, 1.807) is 13.0 Å². The largest absolute Gasteiger partial charge is 0.368 e. The maximum Gasteiger partial charge on any atom is 0.253 e. The average molecular weight is 397 g/mol. The fourth-order valence-electron chi connectivity index (χ4n) is 1.02. The van der Waals surface area contributed by atoms with Crippen LogP contribution in [0.3, 0.4) is 0 Å². The zero-order chi connectivity index (χ0) is 12.3. The fourth-order valence-corrected chi connectivity index (χ4v) is 2.50. The lowest BCUT2D eigenvalue weighted by Gasteiger charge is -2.11. The van der Waals surface area contributed by atoms with E-state index < -0.39 is 11.9 Å². The molecular weight excluding hydrogens is 387 g/mol. The zero-order valence-electron chi connectivity index (χ0n) is 8.46. The van der Waals surface area contributed by atoms with Crippen molar-refractivity contribution in [3.8, 4) is 0 Å². The van der Waals surface area contributed by atoms with E-state index >= 15 is 0 Å². The van der Waals surface area contributed by atoms with E-state index in [0.29, 0.717) is 10.0 Å². The van der Waals surface area contributed by atoms with Crippen LogP contribution in [0.2, 0.25) is 0 Å². The molecule has 0 aliphatic heterocycles. The lowest BCUT2D eigenvalue weighted by atomic mass is 10.2. The van der Waals surface area contributed by atoms with Crippen molar-refractivity contribution in [1.29, 1.82) is 0 Å². The number of nitrogens with two attached hydrogens (primary N) is 1. The second kappa shape index (κ2) is 5.62. The van der Waals surface area contributed by atoms with Crippen LogP contribution in [0.5, 0.6) is 0 Å². The van der Waals surface area contributed by atoms with E-state index in [1.807, 2.05) is 12.1 Å². The van der Waals surface area contributed by atoms with Gasteiger partial charge in [0.2, 0.25) is 5.91 Å². The number of hydrogen-bond acceptors (Lipinski definition) is 2. The van der Waals surface area contributed by atoms with E-state index in [2.05, 4.69) is 43.8 Å². The predicted octanol–water partition coefficient (Wildman–Crippen LogP) is 1.66. The molecule has 1 aromatic rings. The smallest absolute Gasteiger partial charge is 0.253 e. The van der Waals surface area contributed by atoms with Crippen molar-refractivity contribution in [2.75, 3.05) is 0 Å². The Balaban J connectivity index is 2.85. The molecule has 16 heavy (non-hydrogen) atoms. The van der Waals surface area contributed by atoms with Crippen LogP contribution in [0, 0.1) is 3.57 Å². The van der Waals surface area contributed by atoms with Gasteiger partial charge < -0.3 is 11.1 Å². The average Bonchev–Trinajstić information content (AvgIpc) is 2.16. The Morgan fingerprint density at radius 3 is 2.62 bits per heavy atom. The van der Waals surface area contributed by atoms with Gasteiger partial charge in [0, 0.05) is 8.04 Å². The van der Waals surface area contributed by atoms with Crippen molar-refractivity contribution in [1.82, 2.24) is 5.32 Å². The number of carbonyl (C=O) groups is 2. The van der Waals surface area contributed by atoms with Gasteiger partial charge in [-0.05, 0) is 63.6 Å². The standard InChI is InChI=1S/C10H10BrIN2O2/c1-5(9(13)15)14-10(16)7-3-2-6(12)4-8(7)11/h2-5H,1H3,(H2,13,15)(H,14,16)/t5-/m0/s1. The molecule has 0 saturated carbocycles. The van der Waals surface area contributed by atoms with Crippen molar-refractivity contribution in [2.45, 2.75) is 13.0 Å². The third kappa shape index (κ3) is 3.44. The predicted molar refractivity (Wildman–Crippen MR) is 73.0 cm³/mol. The molecule has 4 nitrogen and oxygen atoms in total. The molecule has 1 aromatic carbocycles. The lowest BCUT2D eigenvalue weighted by molar-refractivity contribution is -0.119. The minimum absolute atomic E-state index is 0.324. The highest BCUT2D eigenvalue weighted by molar-refractivity contribution is 14.1. The maximum absolute atomic E-state index is 11.7. The summed E-state index contributed by atoms with van der Waals surface area (Å²) < 4.78 is 1.71. The first-order chi connectivity index (χ1) is 7.41. The summed E-state index contributed by atoms with van der Waals surface area (Å²) in [6.45, 7) is 1.54. The van der Waals surface area contributed by atoms with Crippen LogP contribution < -0.4 is 11.1 Å². The fraction of sp³-hybridized carbons (Fsp3) is 0.200. The first-order valence-electron chi connectivity index (χ1n) is 4.47. The molecule has 0 saturated heterocycles. The Bertz CT molecular complexity index is 437. The molecule has 0 radical (unpaired) electrons. The summed E-state index contributed by atoms with van der Waals surface area (Å²) >= 11 is 5.44. The minimum Gasteiger partial charge on any atom is -0.368 e. The van der Waals surface area contributed by atoms with E-state index in [0.717, 1.165) is 3.57 Å². The Labute approximate surface area is 115 Å². The second-order valence-corrected chi connectivity index (χ2v) is 5.32. The van der Waals surface area contributed by atoms with E-state index in [-0.39, 0.29) is 5.91 Å². The van der Waals surface area contributed by atoms with Crippen molar-refractivity contribution in [3.63, 3.8) is 0 Å². The van der Waals surface area contributed by atoms with Crippen molar-refractivity contribution in [2.24, 2.45) is 5.73 Å². The number of benzene rings is 1. The summed E-state index contributed by atoms with van der Waals surface area (Å²) in [5.74, 6) is -0.885. The van der Waals surface area contributed by atoms with Gasteiger partial charge in [-0.3, -0.25) is 9.59 Å². The molecule has 2 amide bonds. The van der Waals surface area contributed by atoms with Crippen LogP contribution >= 0.6 is 38.5 Å². The highest BCUT2D eigenvalue weighted by atomic mass is 127. The maximum atomic E-state index is 11.7. The molecule has 0 heterocycles. The molecule has 0 aliphatic rings. The topological polar surface area (TPSA) is 72.2 Å². The summed E-state index contributed by atoms with van der Waals surface area (Å²) in [6, 6.07) is 4.65. The minimum atomic E-state index is -0.682. The summed E-state index contributed by atoms with van der Waals surface area (Å²) in [4.78, 5) is 22.5. The zero-order valence-corrected chi connectivity index (χ0v) is 12.2. The lowest BCUT2D eigenvalue weighted by Crippen LogP contribution is -2.42. The van der Waals surface area contributed by atoms with E-state index in [9.17, 15) is 9.59 Å². The molecule has 0 fully saturated rings. The normalized spacial score (nSPS) is 11.9. The number of hydrogen-bond donors (Lipinski definition) is 2. The molecule has 0 aromatic heterocycles. The third-order valence-corrected chi connectivity index (χ3v) is 3.28. The van der Waals surface area contributed by atoms with Gasteiger partial charge in [0.1, 0.15) is 6.04 Å². The molecule has 0 bridgehead atoms. The van der Waals surface area contributed by atoms with Crippen LogP contribution in [0.25, 0.3) is 0 Å². The molecule has 1 rings (SSSR count). The van der Waals surface area contributed by atoms with E-state index in [4.69, 9.17) is 5.73 Å². The van der Waals surface area contributed by atoms with Crippen molar-refractivity contribution >= 4 is 50.3 Å². The Morgan fingerprint density at radius 1 is 1.50 bits per heavy atom. The van der Waals surface area contributed by atoms with E-state index in [1.165, 1.54) is 0 Å². The molecule has 1 atom stereocenters. The van der Waals surface area contributed by atoms with Crippen LogP contribution in [0.4, 0.5) is 0 Å². The highest BCUT2D eigenvalue weighted by Crippen LogP contribution is 2.19. The molecular formula is C10H10BrIN2O2. The van der Waals surface area contributed by atoms with Crippen molar-refractivity contribution < 1.29 is 9.59 Å². The first kappa shape index (κ1) is 13.4. The van der Waals surface area contributed by atoms with Gasteiger partial charge in [0.05, 0.1) is 5.56 Å². The second-order valence-electron chi connectivity index (χ2n) is 3.22. The number of halogens is 2. The van der Waals surface area contributed by atoms with Crippen LogP contribution in [0.15, 0.2) is 22.7 Å². The number of amides is 2. The Morgan fingerprint density at radius 2 is 2.12 bits per heavy atom. The van der Waals surface area contributed by atoms with Gasteiger partial charge in [-0.1, -0.05) is 0 Å². The van der Waals surface area contributed by atoms with Crippen LogP contribution in [-0.4, -0.2) is 17.9 Å². The molecule has 0 unspecified atom stereocenters. The summed E-state index contributed by atoms with van der Waals surface area (Å²) in [7, 11) is 0. The molecule has 0 spiro atoms. The van der Waals surface area contributed by atoms with Crippen LogP contribution in [-0.2, 0) is 4.79 Å². The quantitative estimate of drug-likeness (QED) is 0.762. The molecule has 0 aliphatic carbocycles. The van der Waals surface area contributed by atoms with Gasteiger partial charge in [0.25, 0.3) is 5.91 Å².